The third-order valence-corrected chi connectivity index (χ3v) is 13.5. The van der Waals surface area contributed by atoms with Crippen LogP contribution in [0.15, 0.2) is 176 Å². The molecular formula is C59H47N3O2. The fourth-order valence-electron chi connectivity index (χ4n) is 10.2. The van der Waals surface area contributed by atoms with Crippen LogP contribution in [0.5, 0.6) is 23.0 Å². The molecule has 0 N–H and O–H groups in total. The topological polar surface area (TPSA) is 47.5 Å². The molecule has 0 fully saturated rings. The number of hydrogen-bond acceptors (Lipinski definition) is 5. The highest BCUT2D eigenvalue weighted by Crippen LogP contribution is 2.62. The number of aryl methyl sites for hydroxylation is 4. The second kappa shape index (κ2) is 15.2. The molecule has 9 aromatic rings. The largest absolute Gasteiger partial charge is 0.449 e. The Kier molecular flexibility index (Phi) is 9.32. The van der Waals surface area contributed by atoms with Crippen LogP contribution in [0.2, 0.25) is 0 Å². The zero-order valence-corrected chi connectivity index (χ0v) is 36.9. The van der Waals surface area contributed by atoms with E-state index >= 15 is 0 Å². The number of aromatic nitrogens is 2. The van der Waals surface area contributed by atoms with Crippen molar-refractivity contribution in [1.29, 1.82) is 0 Å². The lowest BCUT2D eigenvalue weighted by atomic mass is 9.67. The Labute approximate surface area is 375 Å². The molecule has 0 saturated heterocycles. The molecule has 7 aromatic carbocycles. The van der Waals surface area contributed by atoms with E-state index in [1.54, 1.807) is 0 Å². The van der Waals surface area contributed by atoms with Gasteiger partial charge in [-0.05, 0) is 181 Å². The molecule has 0 spiro atoms. The molecule has 2 aliphatic rings. The van der Waals surface area contributed by atoms with Gasteiger partial charge in [-0.25, -0.2) is 0 Å². The van der Waals surface area contributed by atoms with Crippen molar-refractivity contribution in [1.82, 2.24) is 9.97 Å². The molecule has 1 aliphatic carbocycles. The van der Waals surface area contributed by atoms with Crippen LogP contribution in [0.3, 0.4) is 0 Å². The summed E-state index contributed by atoms with van der Waals surface area (Å²) in [4.78, 5) is 11.9. The fraction of sp³-hybridized carbons (Fsp3) is 0.119. The standard InChI is InChI=1S/C59H47N3O2/c1-36-32-37(2)41(6)56(40(36)5)47-33-39(4)52(34-38(47)3)62(45-27-29-51(61-35-45)50-20-14-15-31-60-50)44-25-23-43(24-26-44)59(42-16-8-7-9-17-42)48-19-11-10-18-46(48)57-49(59)28-30-55-58(57)64-54-22-13-12-21-53(54)63-55/h7-35H,1-6H3. The number of fused-ring (bicyclic) bond motifs is 6. The van der Waals surface area contributed by atoms with Gasteiger partial charge in [-0.2, -0.15) is 0 Å². The maximum Gasteiger partial charge on any atom is 0.178 e. The molecule has 0 amide bonds. The van der Waals surface area contributed by atoms with Gasteiger partial charge in [-0.15, -0.1) is 0 Å². The summed E-state index contributed by atoms with van der Waals surface area (Å²) in [6.07, 6.45) is 3.78. The van der Waals surface area contributed by atoms with Gasteiger partial charge in [0.15, 0.2) is 23.0 Å². The van der Waals surface area contributed by atoms with Crippen LogP contribution in [0.4, 0.5) is 17.1 Å². The first-order valence-electron chi connectivity index (χ1n) is 22.0. The van der Waals surface area contributed by atoms with Crippen molar-refractivity contribution in [2.24, 2.45) is 0 Å². The van der Waals surface area contributed by atoms with Crippen molar-refractivity contribution in [2.45, 2.75) is 47.0 Å². The summed E-state index contributed by atoms with van der Waals surface area (Å²) in [6.45, 7) is 13.4. The lowest BCUT2D eigenvalue weighted by Gasteiger charge is -2.35. The predicted molar refractivity (Wildman–Crippen MR) is 260 cm³/mol. The lowest BCUT2D eigenvalue weighted by molar-refractivity contribution is 0.360. The summed E-state index contributed by atoms with van der Waals surface area (Å²) in [6, 6.07) is 58.1. The van der Waals surface area contributed by atoms with Gasteiger partial charge in [0.05, 0.1) is 28.7 Å². The third-order valence-electron chi connectivity index (χ3n) is 13.5. The Balaban J connectivity index is 1.09. The molecule has 64 heavy (non-hydrogen) atoms. The Morgan fingerprint density at radius 1 is 0.438 bits per heavy atom. The highest BCUT2D eigenvalue weighted by molar-refractivity contribution is 5.92. The highest BCUT2D eigenvalue weighted by atomic mass is 16.6. The van der Waals surface area contributed by atoms with Crippen molar-refractivity contribution >= 4 is 17.1 Å². The zero-order chi connectivity index (χ0) is 43.7. The van der Waals surface area contributed by atoms with Crippen LogP contribution in [-0.4, -0.2) is 9.97 Å². The summed E-state index contributed by atoms with van der Waals surface area (Å²) in [5.74, 6) is 2.88. The van der Waals surface area contributed by atoms with Crippen molar-refractivity contribution < 1.29 is 9.47 Å². The minimum atomic E-state index is -0.645. The van der Waals surface area contributed by atoms with Crippen LogP contribution in [0.1, 0.15) is 55.6 Å². The first-order valence-corrected chi connectivity index (χ1v) is 22.0. The van der Waals surface area contributed by atoms with Gasteiger partial charge >= 0.3 is 0 Å². The second-order valence-corrected chi connectivity index (χ2v) is 17.2. The van der Waals surface area contributed by atoms with Crippen molar-refractivity contribution in [3.8, 4) is 56.6 Å². The van der Waals surface area contributed by atoms with Gasteiger partial charge < -0.3 is 14.4 Å². The number of nitrogens with zero attached hydrogens (tertiary/aromatic N) is 3. The molecule has 1 atom stereocenters. The van der Waals surface area contributed by atoms with E-state index in [4.69, 9.17) is 14.5 Å². The third kappa shape index (κ3) is 6.06. The molecule has 5 nitrogen and oxygen atoms in total. The summed E-state index contributed by atoms with van der Waals surface area (Å²) < 4.78 is 13.3. The van der Waals surface area contributed by atoms with Crippen LogP contribution >= 0.6 is 0 Å². The normalized spacial score (nSPS) is 14.4. The molecular weight excluding hydrogens is 783 g/mol. The monoisotopic (exact) mass is 829 g/mol. The molecule has 5 heteroatoms. The number of hydrogen-bond donors (Lipinski definition) is 0. The molecule has 0 saturated carbocycles. The number of benzene rings is 7. The Bertz CT molecular complexity index is 3240. The van der Waals surface area contributed by atoms with Gasteiger partial charge in [-0.3, -0.25) is 9.97 Å². The van der Waals surface area contributed by atoms with Crippen LogP contribution < -0.4 is 14.4 Å². The predicted octanol–water partition coefficient (Wildman–Crippen LogP) is 15.4. The van der Waals surface area contributed by atoms with E-state index in [2.05, 4.69) is 173 Å². The molecule has 2 aromatic heterocycles. The van der Waals surface area contributed by atoms with E-state index in [1.807, 2.05) is 54.9 Å². The molecule has 0 radical (unpaired) electrons. The summed E-state index contributed by atoms with van der Waals surface area (Å²) >= 11 is 0. The van der Waals surface area contributed by atoms with E-state index in [0.717, 1.165) is 56.5 Å². The van der Waals surface area contributed by atoms with Gasteiger partial charge in [0.1, 0.15) is 0 Å². The van der Waals surface area contributed by atoms with Gasteiger partial charge in [-0.1, -0.05) is 97.1 Å². The SMILES string of the molecule is Cc1cc(N(c2ccc(C3(c4ccccc4)c4ccccc4-c4c3ccc3c4Oc4ccccc4O3)cc2)c2ccc(-c3ccccn3)nc2)c(C)cc1-c1c(C)c(C)cc(C)c1C. The fourth-order valence-corrected chi connectivity index (χ4v) is 10.2. The Morgan fingerprint density at radius 2 is 1.09 bits per heavy atom. The minimum absolute atomic E-state index is 0.645. The number of rotatable bonds is 7. The maximum absolute atomic E-state index is 6.77. The Hall–Kier alpha value is -7.76. The molecule has 1 unspecified atom stereocenters. The number of pyridine rings is 2. The van der Waals surface area contributed by atoms with E-state index in [1.165, 1.54) is 55.6 Å². The van der Waals surface area contributed by atoms with Gasteiger partial charge in [0.25, 0.3) is 0 Å². The Morgan fingerprint density at radius 3 is 1.81 bits per heavy atom. The van der Waals surface area contributed by atoms with E-state index < -0.39 is 5.41 Å². The lowest BCUT2D eigenvalue weighted by Crippen LogP contribution is -2.28. The number of anilines is 3. The van der Waals surface area contributed by atoms with E-state index in [0.29, 0.717) is 17.2 Å². The molecule has 310 valence electrons. The van der Waals surface area contributed by atoms with E-state index in [-0.39, 0.29) is 0 Å². The minimum Gasteiger partial charge on any atom is -0.449 e. The smallest absolute Gasteiger partial charge is 0.178 e. The summed E-state index contributed by atoms with van der Waals surface area (Å²) in [5, 5.41) is 0. The summed E-state index contributed by atoms with van der Waals surface area (Å²) in [5.41, 5.74) is 21.2. The first-order chi connectivity index (χ1) is 31.2. The van der Waals surface area contributed by atoms with Gasteiger partial charge in [0, 0.05) is 23.1 Å². The summed E-state index contributed by atoms with van der Waals surface area (Å²) in [7, 11) is 0. The van der Waals surface area contributed by atoms with Crippen LogP contribution in [-0.2, 0) is 5.41 Å². The first kappa shape index (κ1) is 39.1. The average molecular weight is 830 g/mol. The quantitative estimate of drug-likeness (QED) is 0.160. The number of ether oxygens (including phenoxy) is 2. The van der Waals surface area contributed by atoms with Crippen LogP contribution in [0.25, 0.3) is 33.6 Å². The molecule has 0 bridgehead atoms. The molecule has 3 heterocycles. The van der Waals surface area contributed by atoms with Crippen molar-refractivity contribution in [2.75, 3.05) is 4.90 Å². The van der Waals surface area contributed by atoms with Gasteiger partial charge in [0.2, 0.25) is 0 Å². The second-order valence-electron chi connectivity index (χ2n) is 17.2. The average Bonchev–Trinajstić information content (AvgIpc) is 3.64. The zero-order valence-electron chi connectivity index (χ0n) is 36.9. The highest BCUT2D eigenvalue weighted by Gasteiger charge is 2.48. The molecule has 1 aliphatic heterocycles. The van der Waals surface area contributed by atoms with Crippen molar-refractivity contribution in [3.63, 3.8) is 0 Å². The number of para-hydroxylation sites is 2. The van der Waals surface area contributed by atoms with E-state index in [9.17, 15) is 0 Å². The maximum atomic E-state index is 6.77. The molecule has 11 rings (SSSR count). The van der Waals surface area contributed by atoms with Crippen molar-refractivity contribution in [3.05, 3.63) is 232 Å². The van der Waals surface area contributed by atoms with Crippen LogP contribution in [0, 0.1) is 41.5 Å².